The summed E-state index contributed by atoms with van der Waals surface area (Å²) in [5, 5.41) is 136. The Morgan fingerprint density at radius 3 is 0.667 bits per heavy atom. The first-order valence-electron chi connectivity index (χ1n) is 51.6. The SMILES string of the molecule is CC(C)N=CC(O)(C(C)C)C(C)C.CC(C)N=CC(O)(C(C)C)[Si](C)(C)C.CCC(C)(O)C=NC(C)C.CCC(C)(O)C=NN(C)C.CCC(O)(C=NC(C)C)C(C)C.CCC(O)(C=NC(C)C)CC.CCC(O)(C=NN(C)C)CC.CCC(O)(C=NN(C)C)[Si](C)(C)C.CCC(O)(C=NN(C)C)[Si](CC)(CC)CC.CC[Si](CC)(CC)C(O)(C=NC(C)C)C(C)C.CN(C)N=CC(C)(C)O.[Ni].[Ni].[Ni].[Ni].[Ni].[Ni].[Ni].[Ni].[Ni].[Ni].[Ni]. The van der Waals surface area contributed by atoms with Gasteiger partial charge in [0.25, 0.3) is 0 Å². The molecule has 42 heteroatoms. The minimum absolute atomic E-state index is 0. The third-order valence-electron chi connectivity index (χ3n) is 24.7. The van der Waals surface area contributed by atoms with E-state index >= 15 is 0 Å². The molecule has 0 amide bonds. The van der Waals surface area contributed by atoms with Crippen molar-refractivity contribution in [3.05, 3.63) is 0 Å². The van der Waals surface area contributed by atoms with E-state index in [1.54, 1.807) is 109 Å². The maximum atomic E-state index is 11.2. The Balaban J connectivity index is -0.0000000583. The maximum absolute atomic E-state index is 11.2. The fourth-order valence-electron chi connectivity index (χ4n) is 12.3. The largest absolute Gasteiger partial charge is 0.388 e. The van der Waals surface area contributed by atoms with Crippen LogP contribution in [0.3, 0.4) is 0 Å². The van der Waals surface area contributed by atoms with Gasteiger partial charge < -0.3 is 81.2 Å². The van der Waals surface area contributed by atoms with Crippen LogP contribution in [0, 0.1) is 29.6 Å². The van der Waals surface area contributed by atoms with E-state index in [9.17, 15) is 51.1 Å². The molecule has 0 bridgehead atoms. The average Bonchev–Trinajstić information content (AvgIpc) is 0.774. The fourth-order valence-corrected chi connectivity index (χ4v) is 25.2. The first kappa shape index (κ1) is 202. The van der Waals surface area contributed by atoms with Crippen LogP contribution in [0.5, 0.6) is 0 Å². The van der Waals surface area contributed by atoms with Crippen LogP contribution in [0.25, 0.3) is 0 Å². The first-order valence-corrected chi connectivity index (χ1v) is 63.8. The summed E-state index contributed by atoms with van der Waals surface area (Å²) < 4.78 is 0. The summed E-state index contributed by atoms with van der Waals surface area (Å²) in [4.78, 5) is 25.6. The van der Waals surface area contributed by atoms with Gasteiger partial charge in [-0.05, 0) is 198 Å². The zero-order valence-corrected chi connectivity index (χ0v) is 118. The predicted molar refractivity (Wildman–Crippen MR) is 618 cm³/mol. The van der Waals surface area contributed by atoms with Gasteiger partial charge in [0.05, 0.1) is 107 Å². The molecule has 7 unspecified atom stereocenters. The van der Waals surface area contributed by atoms with E-state index in [-0.39, 0.29) is 247 Å². The van der Waals surface area contributed by atoms with E-state index < -0.39 is 92.4 Å². The van der Waals surface area contributed by atoms with Gasteiger partial charge in [0, 0.05) is 325 Å². The Morgan fingerprint density at radius 1 is 0.224 bits per heavy atom. The average molecular weight is 2660 g/mol. The standard InChI is InChI=1S/C14H31NOSi.C12H28N2OSi.C11H25NOSi.C11H23NO.C10H21NO.C9H22N2OSi.C9H19NO.C8H18N2O.C8H17NO.C7H16N2O.C6H14N2O.11Ni/c1-8-17(9-2,10-3)14(16,12(4)5)11-15-13(6)7;1-7-12(15,11-13-14(5)6)16(8-2,9-3)10-4;1-9(2)11(13,14(5,6)7)8-12-10(3)4;1-8(2)11(13,9(3)4)7-12-10(5)6;1-6-10(12,8(2)3)7-11-9(4)5;1-7-9(12,13(4,5)6)8-10-11(2)3;1-5-9(11,6-2)7-10-8(3)4;1-5-8(11,6-2)7-9-10(3)4;1-5-8(4,10)6-9-7(2)3;1-5-7(2,10)6-8-9(3)4;1-6(2,9)5-7-8(3)4;;;;;;;;;;;/h11-13,16H,8-10H2,1-7H3;11,15H,7-10H2,1-6H3;8-10,13H,1-7H3;7-10,13H,1-6H3;7-9,12H,6H2,1-5H3;8,12H,7H2,1-6H3;7-8,11H,5-6H2,1-4H3;7,11H,5-6H2,1-4H3;6-7,10H,5H2,1-4H3;6,10H,5H2,1-4H3;5,9H,1-4H3;;;;;;;;;;;. The van der Waals surface area contributed by atoms with Crippen LogP contribution in [0.4, 0.5) is 0 Å². The van der Waals surface area contributed by atoms with Crippen LogP contribution in [0.2, 0.25) is 75.5 Å². The minimum Gasteiger partial charge on any atom is -0.388 e. The summed E-state index contributed by atoms with van der Waals surface area (Å²) >= 11 is 0. The quantitative estimate of drug-likeness (QED) is 0.0153. The first-order chi connectivity index (χ1) is 61.2. The van der Waals surface area contributed by atoms with Crippen LogP contribution >= 0.6 is 0 Å². The summed E-state index contributed by atoms with van der Waals surface area (Å²) in [6.45, 7) is 95.6. The van der Waals surface area contributed by atoms with Crippen molar-refractivity contribution in [2.45, 2.75) is 514 Å². The Labute approximate surface area is 1020 Å². The van der Waals surface area contributed by atoms with Crippen molar-refractivity contribution in [2.75, 3.05) is 70.5 Å². The molecule has 0 saturated heterocycles. The Kier molecular flexibility index (Phi) is 139. The summed E-state index contributed by atoms with van der Waals surface area (Å²) in [6.07, 6.45) is 25.0. The van der Waals surface area contributed by atoms with Gasteiger partial charge in [0.15, 0.2) is 0 Å². The molecule has 0 aromatic carbocycles. The Bertz CT molecular complexity index is 3170. The second-order valence-corrected chi connectivity index (χ2v) is 65.5. The topological polar surface area (TPSA) is 375 Å². The molecule has 27 nitrogen and oxygen atoms in total. The van der Waals surface area contributed by atoms with Crippen molar-refractivity contribution in [3.8, 4) is 0 Å². The van der Waals surface area contributed by atoms with Crippen molar-refractivity contribution < 1.29 is 238 Å². The van der Waals surface area contributed by atoms with Crippen molar-refractivity contribution >= 4 is 101 Å². The monoisotopic (exact) mass is 2650 g/mol. The molecule has 0 aromatic heterocycles. The molecule has 0 aliphatic rings. The van der Waals surface area contributed by atoms with Crippen LogP contribution in [-0.4, -0.2) is 349 Å². The third-order valence-corrected chi connectivity index (χ3v) is 43.8. The molecule has 0 aliphatic carbocycles. The Hall–Kier alpha value is 1.23. The molecule has 11 N–H and O–H groups in total. The smallest absolute Gasteiger partial charge is 0.104 e. The maximum Gasteiger partial charge on any atom is 0.104 e. The van der Waals surface area contributed by atoms with Gasteiger partial charge >= 0.3 is 0 Å². The molecule has 0 fully saturated rings. The molecular formula is C105H234N16Ni11O11Si4. The van der Waals surface area contributed by atoms with E-state index in [0.29, 0.717) is 25.7 Å². The predicted octanol–water partition coefficient (Wildman–Crippen LogP) is 21.4. The van der Waals surface area contributed by atoms with Crippen LogP contribution in [0.1, 0.15) is 342 Å². The minimum atomic E-state index is -1.69. The van der Waals surface area contributed by atoms with E-state index in [2.05, 4.69) is 185 Å². The number of aliphatic hydroxyl groups is 11. The molecule has 0 aliphatic heterocycles. The van der Waals surface area contributed by atoms with E-state index in [1.807, 2.05) is 243 Å². The molecule has 926 valence electrons. The zero-order valence-electron chi connectivity index (χ0n) is 103. The van der Waals surface area contributed by atoms with E-state index in [0.717, 1.165) is 68.4 Å². The normalized spacial score (nSPS) is 14.8. The van der Waals surface area contributed by atoms with E-state index in [4.69, 9.17) is 5.11 Å². The van der Waals surface area contributed by atoms with Gasteiger partial charge in [-0.3, -0.25) is 30.0 Å². The summed E-state index contributed by atoms with van der Waals surface area (Å²) in [5.74, 6) is 1.11. The summed E-state index contributed by atoms with van der Waals surface area (Å²) in [6, 6.07) is 8.31. The molecule has 7 atom stereocenters. The molecule has 147 heavy (non-hydrogen) atoms. The van der Waals surface area contributed by atoms with Crippen molar-refractivity contribution in [2.24, 2.45) is 85.1 Å². The summed E-state index contributed by atoms with van der Waals surface area (Å²) in [5.41, 5.74) is -5.15. The second kappa shape index (κ2) is 101. The number of rotatable bonds is 46. The van der Waals surface area contributed by atoms with Gasteiger partial charge in [-0.1, -0.05) is 249 Å². The number of hydrogen-bond donors (Lipinski definition) is 11. The second-order valence-electron chi connectivity index (χ2n) is 43.8. The van der Waals surface area contributed by atoms with Gasteiger partial charge in [-0.25, -0.2) is 0 Å². The van der Waals surface area contributed by atoms with E-state index in [1.165, 1.54) is 6.21 Å². The molecule has 0 rings (SSSR count). The van der Waals surface area contributed by atoms with Crippen molar-refractivity contribution in [1.82, 2.24) is 25.0 Å². The number of hydrogen-bond acceptors (Lipinski definition) is 27. The molecule has 0 aromatic rings. The molecule has 0 heterocycles. The molecular weight excluding hydrogens is 2420 g/mol. The number of nitrogens with zero attached hydrogens (tertiary/aromatic N) is 16. The van der Waals surface area contributed by atoms with Crippen LogP contribution < -0.4 is 0 Å². The summed E-state index contributed by atoms with van der Waals surface area (Å²) in [7, 11) is 11.8. The zero-order chi connectivity index (χ0) is 111. The van der Waals surface area contributed by atoms with Crippen LogP contribution in [-0.2, 0) is 181 Å². The fraction of sp³-hybridized carbons (Fsp3) is 0.895. The number of aliphatic imine (C=N–C) groups is 6. The third kappa shape index (κ3) is 97.8. The van der Waals surface area contributed by atoms with Crippen LogP contribution in [0.15, 0.2) is 55.5 Å². The molecule has 0 radical (unpaired) electrons. The number of hydrazone groups is 5. The van der Waals surface area contributed by atoms with Crippen molar-refractivity contribution in [1.29, 1.82) is 0 Å². The molecule has 0 saturated carbocycles. The van der Waals surface area contributed by atoms with Gasteiger partial charge in [0.2, 0.25) is 0 Å². The van der Waals surface area contributed by atoms with Gasteiger partial charge in [-0.15, -0.1) is 0 Å². The van der Waals surface area contributed by atoms with Gasteiger partial charge in [-0.2, -0.15) is 25.5 Å². The Morgan fingerprint density at radius 2 is 0.456 bits per heavy atom. The van der Waals surface area contributed by atoms with Crippen molar-refractivity contribution in [3.63, 3.8) is 0 Å². The molecule has 0 spiro atoms. The van der Waals surface area contributed by atoms with Gasteiger partial charge in [0.1, 0.15) is 16.8 Å².